The molecule has 7 nitrogen and oxygen atoms in total. The highest BCUT2D eigenvalue weighted by Gasteiger charge is 2.31. The summed E-state index contributed by atoms with van der Waals surface area (Å²) in [4.78, 5) is 38.6. The number of rotatable bonds is 6. The number of nitrogens with one attached hydrogen (secondary N) is 2. The fraction of sp³-hybridized carbons (Fsp3) is 0.588. The lowest BCUT2D eigenvalue weighted by atomic mass is 9.98. The number of pyridine rings is 1. The maximum absolute atomic E-state index is 12.5. The number of aromatic amines is 1. The van der Waals surface area contributed by atoms with Crippen LogP contribution in [0.3, 0.4) is 0 Å². The van der Waals surface area contributed by atoms with E-state index in [-0.39, 0.29) is 18.6 Å². The molecule has 1 aliphatic rings. The van der Waals surface area contributed by atoms with Crippen LogP contribution in [0.5, 0.6) is 0 Å². The van der Waals surface area contributed by atoms with Gasteiger partial charge in [0, 0.05) is 12.8 Å². The number of aryl methyl sites for hydroxylation is 2. The Labute approximate surface area is 140 Å². The Kier molecular flexibility index (Phi) is 5.77. The first-order valence-electron chi connectivity index (χ1n) is 8.13. The Bertz CT molecular complexity index is 682. The molecule has 7 heteroatoms. The zero-order valence-electron chi connectivity index (χ0n) is 14.1. The second kappa shape index (κ2) is 7.61. The van der Waals surface area contributed by atoms with E-state index in [1.807, 2.05) is 0 Å². The highest BCUT2D eigenvalue weighted by Crippen LogP contribution is 2.19. The molecule has 1 unspecified atom stereocenters. The molecule has 1 amide bonds. The molecule has 0 saturated heterocycles. The van der Waals surface area contributed by atoms with E-state index in [0.717, 1.165) is 43.4 Å². The molecule has 1 aromatic heterocycles. The number of H-pyrrole nitrogens is 1. The average Bonchev–Trinajstić information content (AvgIpc) is 2.69. The van der Waals surface area contributed by atoms with E-state index in [4.69, 9.17) is 9.84 Å². The number of aromatic nitrogens is 1. The molecule has 1 heterocycles. The first-order chi connectivity index (χ1) is 11.3. The summed E-state index contributed by atoms with van der Waals surface area (Å²) in [7, 11) is 1.43. The van der Waals surface area contributed by atoms with Crippen LogP contribution in [-0.2, 0) is 22.4 Å². The van der Waals surface area contributed by atoms with Gasteiger partial charge in [0.15, 0.2) is 0 Å². The van der Waals surface area contributed by atoms with E-state index in [2.05, 4.69) is 10.3 Å². The fourth-order valence-corrected chi connectivity index (χ4v) is 3.15. The monoisotopic (exact) mass is 336 g/mol. The van der Waals surface area contributed by atoms with Crippen LogP contribution in [0, 0.1) is 0 Å². The molecule has 0 fully saturated rings. The first kappa shape index (κ1) is 18.2. The molecule has 0 saturated carbocycles. The smallest absolute Gasteiger partial charge is 0.305 e. The maximum atomic E-state index is 12.5. The van der Waals surface area contributed by atoms with E-state index in [0.29, 0.717) is 0 Å². The number of aliphatic carboxylic acids is 1. The summed E-state index contributed by atoms with van der Waals surface area (Å²) in [6.45, 7) is 1.62. The van der Waals surface area contributed by atoms with Crippen LogP contribution in [0.1, 0.15) is 54.2 Å². The Morgan fingerprint density at radius 1 is 1.33 bits per heavy atom. The number of amides is 1. The van der Waals surface area contributed by atoms with Gasteiger partial charge >= 0.3 is 5.97 Å². The first-order valence-corrected chi connectivity index (χ1v) is 8.13. The van der Waals surface area contributed by atoms with Gasteiger partial charge in [0.1, 0.15) is 5.56 Å². The van der Waals surface area contributed by atoms with Crippen molar-refractivity contribution >= 4 is 11.9 Å². The van der Waals surface area contributed by atoms with E-state index in [1.54, 1.807) is 13.0 Å². The molecule has 0 bridgehead atoms. The molecule has 1 aromatic rings. The van der Waals surface area contributed by atoms with Crippen molar-refractivity contribution in [3.63, 3.8) is 0 Å². The number of hydrogen-bond donors (Lipinski definition) is 3. The minimum atomic E-state index is -1.09. The van der Waals surface area contributed by atoms with Crippen molar-refractivity contribution in [1.82, 2.24) is 10.3 Å². The fourth-order valence-electron chi connectivity index (χ4n) is 3.15. The Balaban J connectivity index is 2.27. The van der Waals surface area contributed by atoms with Crippen LogP contribution < -0.4 is 10.9 Å². The minimum absolute atomic E-state index is 0.0170. The van der Waals surface area contributed by atoms with Crippen molar-refractivity contribution in [2.75, 3.05) is 13.7 Å². The molecule has 1 aliphatic carbocycles. The van der Waals surface area contributed by atoms with Crippen LogP contribution >= 0.6 is 0 Å². The third-order valence-corrected chi connectivity index (χ3v) is 4.25. The highest BCUT2D eigenvalue weighted by atomic mass is 16.5. The van der Waals surface area contributed by atoms with E-state index in [9.17, 15) is 14.4 Å². The molecule has 24 heavy (non-hydrogen) atoms. The van der Waals surface area contributed by atoms with E-state index >= 15 is 0 Å². The van der Waals surface area contributed by atoms with Gasteiger partial charge in [0.25, 0.3) is 11.5 Å². The number of carbonyl (C=O) groups is 2. The van der Waals surface area contributed by atoms with Crippen molar-refractivity contribution in [3.8, 4) is 0 Å². The lowest BCUT2D eigenvalue weighted by molar-refractivity contribution is -0.139. The zero-order valence-corrected chi connectivity index (χ0v) is 14.1. The molecule has 0 spiro atoms. The molecule has 1 atom stereocenters. The summed E-state index contributed by atoms with van der Waals surface area (Å²) in [6.07, 6.45) is 4.50. The maximum Gasteiger partial charge on any atom is 0.305 e. The Morgan fingerprint density at radius 3 is 2.71 bits per heavy atom. The van der Waals surface area contributed by atoms with Crippen molar-refractivity contribution in [2.24, 2.45) is 0 Å². The van der Waals surface area contributed by atoms with Gasteiger partial charge in [-0.25, -0.2) is 0 Å². The predicted octanol–water partition coefficient (Wildman–Crippen LogP) is 1.25. The summed E-state index contributed by atoms with van der Waals surface area (Å²) in [6, 6.07) is 1.64. The van der Waals surface area contributed by atoms with Crippen LogP contribution in [0.4, 0.5) is 0 Å². The van der Waals surface area contributed by atoms with Crippen LogP contribution in [-0.4, -0.2) is 41.2 Å². The molecule has 3 N–H and O–H groups in total. The quantitative estimate of drug-likeness (QED) is 0.678. The van der Waals surface area contributed by atoms with Crippen molar-refractivity contribution < 1.29 is 19.4 Å². The van der Waals surface area contributed by atoms with Crippen molar-refractivity contribution in [2.45, 2.75) is 51.0 Å². The molecule has 0 aromatic carbocycles. The highest BCUT2D eigenvalue weighted by molar-refractivity contribution is 5.94. The van der Waals surface area contributed by atoms with Crippen LogP contribution in [0.2, 0.25) is 0 Å². The van der Waals surface area contributed by atoms with Gasteiger partial charge in [-0.05, 0) is 44.2 Å². The number of fused-ring (bicyclic) bond motifs is 1. The lowest BCUT2D eigenvalue weighted by Gasteiger charge is -2.28. The van der Waals surface area contributed by atoms with Crippen LogP contribution in [0.25, 0.3) is 0 Å². The second-order valence-electron chi connectivity index (χ2n) is 6.59. The minimum Gasteiger partial charge on any atom is -0.481 e. The number of ether oxygens (including phenoxy) is 1. The Morgan fingerprint density at radius 2 is 2.04 bits per heavy atom. The summed E-state index contributed by atoms with van der Waals surface area (Å²) < 4.78 is 5.02. The number of hydrogen-bond acceptors (Lipinski definition) is 4. The SMILES string of the molecule is COCC(C)(CC(=O)O)NC(=O)c1cc2c([nH]c1=O)CCCCC2. The number of methoxy groups -OCH3 is 1. The van der Waals surface area contributed by atoms with Gasteiger partial charge in [0.05, 0.1) is 18.6 Å². The topological polar surface area (TPSA) is 108 Å². The second-order valence-corrected chi connectivity index (χ2v) is 6.59. The van der Waals surface area contributed by atoms with Gasteiger partial charge in [-0.3, -0.25) is 14.4 Å². The third kappa shape index (κ3) is 4.44. The zero-order chi connectivity index (χ0) is 17.7. The number of carboxylic acid groups (broad SMARTS) is 1. The summed E-state index contributed by atoms with van der Waals surface area (Å²) >= 11 is 0. The normalized spacial score (nSPS) is 16.6. The Hall–Kier alpha value is -2.15. The summed E-state index contributed by atoms with van der Waals surface area (Å²) in [5, 5.41) is 11.7. The van der Waals surface area contributed by atoms with Gasteiger partial charge in [-0.15, -0.1) is 0 Å². The number of carbonyl (C=O) groups excluding carboxylic acids is 1. The van der Waals surface area contributed by atoms with E-state index < -0.39 is 23.0 Å². The van der Waals surface area contributed by atoms with Crippen molar-refractivity contribution in [1.29, 1.82) is 0 Å². The molecule has 0 radical (unpaired) electrons. The third-order valence-electron chi connectivity index (χ3n) is 4.25. The molecule has 132 valence electrons. The number of carboxylic acids is 1. The predicted molar refractivity (Wildman–Crippen MR) is 88.3 cm³/mol. The summed E-state index contributed by atoms with van der Waals surface area (Å²) in [5.41, 5.74) is 0.381. The standard InChI is InChI=1S/C17H24N2O5/c1-17(10-24-2,9-14(20)21)19-16(23)12-8-11-6-4-3-5-7-13(11)18-15(12)22/h8H,3-7,9-10H2,1-2H3,(H,18,22)(H,19,23)(H,20,21). The van der Waals surface area contributed by atoms with Crippen molar-refractivity contribution in [3.05, 3.63) is 33.2 Å². The largest absolute Gasteiger partial charge is 0.481 e. The summed E-state index contributed by atoms with van der Waals surface area (Å²) in [5.74, 6) is -1.63. The van der Waals surface area contributed by atoms with Crippen LogP contribution in [0.15, 0.2) is 10.9 Å². The molecule has 0 aliphatic heterocycles. The average molecular weight is 336 g/mol. The molecule has 2 rings (SSSR count). The lowest BCUT2D eigenvalue weighted by Crippen LogP contribution is -2.51. The van der Waals surface area contributed by atoms with E-state index in [1.165, 1.54) is 7.11 Å². The van der Waals surface area contributed by atoms with Gasteiger partial charge < -0.3 is 20.1 Å². The van der Waals surface area contributed by atoms with Gasteiger partial charge in [-0.1, -0.05) is 6.42 Å². The molecular weight excluding hydrogens is 312 g/mol. The molecular formula is C17H24N2O5. The van der Waals surface area contributed by atoms with Gasteiger partial charge in [-0.2, -0.15) is 0 Å². The van der Waals surface area contributed by atoms with Gasteiger partial charge in [0.2, 0.25) is 0 Å².